The normalized spacial score (nSPS) is 13.8. The first-order chi connectivity index (χ1) is 9.13. The Kier molecular flexibility index (Phi) is 3.94. The highest BCUT2D eigenvalue weighted by molar-refractivity contribution is 5.76. The van der Waals surface area contributed by atoms with Crippen LogP contribution in [0, 0.1) is 0 Å². The molecule has 0 fully saturated rings. The number of ether oxygens (including phenoxy) is 1. The fraction of sp³-hybridized carbons (Fsp3) is 0.231. The van der Waals surface area contributed by atoms with E-state index in [0.717, 1.165) is 5.56 Å². The lowest BCUT2D eigenvalue weighted by Crippen LogP contribution is -2.37. The van der Waals surface area contributed by atoms with Crippen molar-refractivity contribution in [3.63, 3.8) is 0 Å². The Morgan fingerprint density at radius 2 is 2.11 bits per heavy atom. The molecule has 6 nitrogen and oxygen atoms in total. The number of benzene rings is 1. The zero-order valence-electron chi connectivity index (χ0n) is 10.3. The lowest BCUT2D eigenvalue weighted by molar-refractivity contribution is -0.145. The molecule has 1 aromatic carbocycles. The van der Waals surface area contributed by atoms with Crippen molar-refractivity contribution < 1.29 is 19.2 Å². The molecule has 0 radical (unpaired) electrons. The Morgan fingerprint density at radius 1 is 1.42 bits per heavy atom. The second-order valence-corrected chi connectivity index (χ2v) is 3.98. The fourth-order valence-electron chi connectivity index (χ4n) is 1.62. The molecule has 0 spiro atoms. The maximum Gasteiger partial charge on any atom is 0.325 e. The molecular formula is C13H14N2O4. The van der Waals surface area contributed by atoms with Gasteiger partial charge < -0.3 is 20.1 Å². The molecule has 6 heteroatoms. The van der Waals surface area contributed by atoms with Crippen LogP contribution < -0.4 is 5.73 Å². The number of rotatable bonds is 4. The van der Waals surface area contributed by atoms with Gasteiger partial charge in [-0.1, -0.05) is 35.5 Å². The number of nitrogens with two attached hydrogens (primary N) is 1. The van der Waals surface area contributed by atoms with E-state index in [2.05, 4.69) is 9.89 Å². The number of carbonyl (C=O) groups excluding carboxylic acids is 1. The summed E-state index contributed by atoms with van der Waals surface area (Å²) in [5.41, 5.74) is 6.56. The summed E-state index contributed by atoms with van der Waals surface area (Å²) in [5, 5.41) is 13.6. The molecule has 2 aromatic rings. The SMILES string of the molecule is COC(=O)[C@H](N)[C@@H](O)c1cc(-c2ccccc2)on1. The number of methoxy groups -OCH3 is 1. The van der Waals surface area contributed by atoms with Gasteiger partial charge in [-0.05, 0) is 0 Å². The van der Waals surface area contributed by atoms with E-state index in [1.165, 1.54) is 7.11 Å². The highest BCUT2D eigenvalue weighted by Crippen LogP contribution is 2.24. The highest BCUT2D eigenvalue weighted by atomic mass is 16.5. The van der Waals surface area contributed by atoms with Crippen molar-refractivity contribution in [2.75, 3.05) is 7.11 Å². The van der Waals surface area contributed by atoms with Gasteiger partial charge in [0.15, 0.2) is 5.76 Å². The van der Waals surface area contributed by atoms with Crippen LogP contribution >= 0.6 is 0 Å². The molecule has 100 valence electrons. The standard InChI is InChI=1S/C13H14N2O4/c1-18-13(17)11(14)12(16)9-7-10(19-15-9)8-5-3-2-4-6-8/h2-7,11-12,16H,14H2,1H3/t11-,12+/m1/s1. The summed E-state index contributed by atoms with van der Waals surface area (Å²) >= 11 is 0. The van der Waals surface area contributed by atoms with Crippen LogP contribution in [0.4, 0.5) is 0 Å². The molecule has 0 bridgehead atoms. The third-order valence-corrected chi connectivity index (χ3v) is 2.70. The zero-order chi connectivity index (χ0) is 13.8. The molecule has 0 unspecified atom stereocenters. The molecule has 0 saturated carbocycles. The Balaban J connectivity index is 2.20. The minimum absolute atomic E-state index is 0.191. The molecule has 3 N–H and O–H groups in total. The average molecular weight is 262 g/mol. The van der Waals surface area contributed by atoms with Gasteiger partial charge in [0.05, 0.1) is 7.11 Å². The predicted octanol–water partition coefficient (Wildman–Crippen LogP) is 0.875. The van der Waals surface area contributed by atoms with Crippen molar-refractivity contribution in [1.29, 1.82) is 0 Å². The summed E-state index contributed by atoms with van der Waals surface area (Å²) in [7, 11) is 1.20. The van der Waals surface area contributed by atoms with Gasteiger partial charge in [-0.15, -0.1) is 0 Å². The van der Waals surface area contributed by atoms with E-state index in [1.807, 2.05) is 30.3 Å². The number of aromatic nitrogens is 1. The van der Waals surface area contributed by atoms with Gasteiger partial charge in [-0.3, -0.25) is 4.79 Å². The maximum absolute atomic E-state index is 11.2. The first-order valence-corrected chi connectivity index (χ1v) is 5.67. The number of hydrogen-bond donors (Lipinski definition) is 2. The van der Waals surface area contributed by atoms with Crippen molar-refractivity contribution >= 4 is 5.97 Å². The van der Waals surface area contributed by atoms with Crippen molar-refractivity contribution in [1.82, 2.24) is 5.16 Å². The molecule has 1 heterocycles. The molecule has 1 aromatic heterocycles. The molecule has 19 heavy (non-hydrogen) atoms. The van der Waals surface area contributed by atoms with Gasteiger partial charge in [0.2, 0.25) is 0 Å². The van der Waals surface area contributed by atoms with E-state index in [0.29, 0.717) is 5.76 Å². The molecule has 0 aliphatic heterocycles. The van der Waals surface area contributed by atoms with Gasteiger partial charge in [0, 0.05) is 11.6 Å². The predicted molar refractivity (Wildman–Crippen MR) is 66.9 cm³/mol. The molecule has 2 atom stereocenters. The van der Waals surface area contributed by atoms with Gasteiger partial charge in [0.25, 0.3) is 0 Å². The van der Waals surface area contributed by atoms with Crippen molar-refractivity contribution in [3.05, 3.63) is 42.1 Å². The van der Waals surface area contributed by atoms with Crippen LogP contribution in [0.1, 0.15) is 11.8 Å². The van der Waals surface area contributed by atoms with E-state index in [9.17, 15) is 9.90 Å². The highest BCUT2D eigenvalue weighted by Gasteiger charge is 2.27. The molecule has 2 rings (SSSR count). The summed E-state index contributed by atoms with van der Waals surface area (Å²) in [6.45, 7) is 0. The van der Waals surface area contributed by atoms with Crippen LogP contribution in [0.2, 0.25) is 0 Å². The average Bonchev–Trinajstić information content (AvgIpc) is 2.95. The van der Waals surface area contributed by atoms with E-state index < -0.39 is 18.1 Å². The number of aliphatic hydroxyl groups excluding tert-OH is 1. The third-order valence-electron chi connectivity index (χ3n) is 2.70. The number of nitrogens with zero attached hydrogens (tertiary/aromatic N) is 1. The maximum atomic E-state index is 11.2. The minimum Gasteiger partial charge on any atom is -0.468 e. The van der Waals surface area contributed by atoms with Gasteiger partial charge >= 0.3 is 5.97 Å². The lowest BCUT2D eigenvalue weighted by Gasteiger charge is -2.13. The number of carbonyl (C=O) groups is 1. The van der Waals surface area contributed by atoms with Crippen molar-refractivity contribution in [3.8, 4) is 11.3 Å². The number of esters is 1. The Bertz CT molecular complexity index is 553. The lowest BCUT2D eigenvalue weighted by atomic mass is 10.1. The van der Waals surface area contributed by atoms with Crippen molar-refractivity contribution in [2.24, 2.45) is 5.73 Å². The van der Waals surface area contributed by atoms with Crippen molar-refractivity contribution in [2.45, 2.75) is 12.1 Å². The molecule has 0 aliphatic rings. The van der Waals surface area contributed by atoms with E-state index >= 15 is 0 Å². The summed E-state index contributed by atoms with van der Waals surface area (Å²) in [5.74, 6) is -0.219. The summed E-state index contributed by atoms with van der Waals surface area (Å²) in [6.07, 6.45) is -1.27. The Labute approximate surface area is 109 Å². The number of aliphatic hydroxyl groups is 1. The Morgan fingerprint density at radius 3 is 2.74 bits per heavy atom. The van der Waals surface area contributed by atoms with E-state index in [-0.39, 0.29) is 5.69 Å². The first-order valence-electron chi connectivity index (χ1n) is 5.67. The van der Waals surface area contributed by atoms with Gasteiger partial charge in [-0.25, -0.2) is 0 Å². The van der Waals surface area contributed by atoms with Crippen LogP contribution in [0.25, 0.3) is 11.3 Å². The largest absolute Gasteiger partial charge is 0.468 e. The summed E-state index contributed by atoms with van der Waals surface area (Å²) in [4.78, 5) is 11.2. The second kappa shape index (κ2) is 5.64. The van der Waals surface area contributed by atoms with Crippen LogP contribution in [0.5, 0.6) is 0 Å². The second-order valence-electron chi connectivity index (χ2n) is 3.98. The van der Waals surface area contributed by atoms with Crippen LogP contribution in [0.3, 0.4) is 0 Å². The van der Waals surface area contributed by atoms with Crippen LogP contribution in [-0.4, -0.2) is 29.4 Å². The fourth-order valence-corrected chi connectivity index (χ4v) is 1.62. The molecular weight excluding hydrogens is 248 g/mol. The third kappa shape index (κ3) is 2.81. The van der Waals surface area contributed by atoms with E-state index in [4.69, 9.17) is 10.3 Å². The van der Waals surface area contributed by atoms with Crippen LogP contribution in [0.15, 0.2) is 40.9 Å². The van der Waals surface area contributed by atoms with Gasteiger partial charge in [-0.2, -0.15) is 0 Å². The molecule has 0 aliphatic carbocycles. The monoisotopic (exact) mass is 262 g/mol. The zero-order valence-corrected chi connectivity index (χ0v) is 10.3. The number of hydrogen-bond acceptors (Lipinski definition) is 6. The van der Waals surface area contributed by atoms with E-state index in [1.54, 1.807) is 6.07 Å². The summed E-state index contributed by atoms with van der Waals surface area (Å²) in [6, 6.07) is 9.63. The first kappa shape index (κ1) is 13.3. The molecule has 0 amide bonds. The minimum atomic E-state index is -1.27. The summed E-state index contributed by atoms with van der Waals surface area (Å²) < 4.78 is 9.58. The van der Waals surface area contributed by atoms with Crippen LogP contribution in [-0.2, 0) is 9.53 Å². The topological polar surface area (TPSA) is 98.6 Å². The quantitative estimate of drug-likeness (QED) is 0.793. The smallest absolute Gasteiger partial charge is 0.325 e. The van der Waals surface area contributed by atoms with Gasteiger partial charge in [0.1, 0.15) is 17.8 Å². The Hall–Kier alpha value is -2.18. The molecule has 0 saturated heterocycles.